The van der Waals surface area contributed by atoms with Crippen LogP contribution in [-0.4, -0.2) is 80.6 Å². The smallest absolute Gasteiger partial charge is 0.234 e. The second-order valence-electron chi connectivity index (χ2n) is 9.42. The summed E-state index contributed by atoms with van der Waals surface area (Å²) in [7, 11) is 1.97. The van der Waals surface area contributed by atoms with Crippen molar-refractivity contribution >= 4 is 11.9 Å². The average Bonchev–Trinajstić information content (AvgIpc) is 3.14. The molecule has 0 aliphatic carbocycles. The molecule has 2 atom stereocenters. The monoisotopic (exact) mass is 498 g/mol. The quantitative estimate of drug-likeness (QED) is 0.121. The number of nitrogens with one attached hydrogen (secondary N) is 4. The van der Waals surface area contributed by atoms with E-state index in [0.29, 0.717) is 13.0 Å². The number of nitrogens with two attached hydrogens (primary N) is 2. The van der Waals surface area contributed by atoms with Crippen LogP contribution in [0.2, 0.25) is 0 Å². The van der Waals surface area contributed by atoms with Crippen molar-refractivity contribution < 1.29 is 4.79 Å². The van der Waals surface area contributed by atoms with Gasteiger partial charge in [0.25, 0.3) is 0 Å². The zero-order valence-corrected chi connectivity index (χ0v) is 21.9. The summed E-state index contributed by atoms with van der Waals surface area (Å²) in [5.74, 6) is 0.157. The maximum Gasteiger partial charge on any atom is 0.234 e. The minimum Gasteiger partial charge on any atom is -0.386 e. The Hall–Kier alpha value is -3.04. The number of nitrogens with zero attached hydrogens (tertiary/aromatic N) is 2. The SMILES string of the molecule is C=C(NCC(CCCCNC)C(=C)N1CCCN(C(=N)N)CC1)C(Cc1ccccc1)NC(=O)CN. The molecule has 1 amide bonds. The van der Waals surface area contributed by atoms with Crippen molar-refractivity contribution in [2.24, 2.45) is 17.4 Å². The van der Waals surface area contributed by atoms with Gasteiger partial charge in [-0.1, -0.05) is 49.9 Å². The van der Waals surface area contributed by atoms with Gasteiger partial charge in [0, 0.05) is 50.0 Å². The maximum atomic E-state index is 12.1. The van der Waals surface area contributed by atoms with Crippen molar-refractivity contribution in [3.63, 3.8) is 0 Å². The van der Waals surface area contributed by atoms with Gasteiger partial charge in [0.05, 0.1) is 12.6 Å². The second kappa shape index (κ2) is 15.9. The van der Waals surface area contributed by atoms with Gasteiger partial charge in [-0.15, -0.1) is 0 Å². The van der Waals surface area contributed by atoms with Crippen LogP contribution in [0.5, 0.6) is 0 Å². The normalized spacial score (nSPS) is 15.5. The Balaban J connectivity index is 2.06. The number of hydrogen-bond donors (Lipinski definition) is 6. The molecule has 8 N–H and O–H groups in total. The molecular formula is C27H46N8O. The van der Waals surface area contributed by atoms with E-state index in [0.717, 1.165) is 75.4 Å². The van der Waals surface area contributed by atoms with Crippen molar-refractivity contribution in [2.75, 3.05) is 52.9 Å². The van der Waals surface area contributed by atoms with E-state index >= 15 is 0 Å². The van der Waals surface area contributed by atoms with Crippen LogP contribution < -0.4 is 27.4 Å². The molecule has 2 rings (SSSR count). The van der Waals surface area contributed by atoms with Gasteiger partial charge in [-0.25, -0.2) is 0 Å². The first kappa shape index (κ1) is 29.2. The molecule has 1 aromatic carbocycles. The predicted octanol–water partition coefficient (Wildman–Crippen LogP) is 1.20. The van der Waals surface area contributed by atoms with Crippen LogP contribution in [0, 0.1) is 11.3 Å². The molecule has 1 aliphatic rings. The van der Waals surface area contributed by atoms with Crippen LogP contribution in [0.3, 0.4) is 0 Å². The molecule has 1 fully saturated rings. The summed E-state index contributed by atoms with van der Waals surface area (Å²) in [5.41, 5.74) is 14.3. The van der Waals surface area contributed by atoms with Gasteiger partial charge in [0.2, 0.25) is 5.91 Å². The fourth-order valence-electron chi connectivity index (χ4n) is 4.52. The number of unbranched alkanes of at least 4 members (excludes halogenated alkanes) is 1. The molecule has 2 unspecified atom stereocenters. The van der Waals surface area contributed by atoms with Crippen molar-refractivity contribution in [3.8, 4) is 0 Å². The Morgan fingerprint density at radius 3 is 2.47 bits per heavy atom. The topological polar surface area (TPSA) is 136 Å². The van der Waals surface area contributed by atoms with Crippen LogP contribution in [0.25, 0.3) is 0 Å². The molecule has 9 nitrogen and oxygen atoms in total. The molecule has 200 valence electrons. The van der Waals surface area contributed by atoms with Gasteiger partial charge < -0.3 is 37.2 Å². The van der Waals surface area contributed by atoms with Crippen molar-refractivity contribution in [1.29, 1.82) is 5.41 Å². The van der Waals surface area contributed by atoms with Crippen molar-refractivity contribution in [2.45, 2.75) is 38.1 Å². The lowest BCUT2D eigenvalue weighted by atomic mass is 9.96. The van der Waals surface area contributed by atoms with Crippen LogP contribution in [-0.2, 0) is 11.2 Å². The van der Waals surface area contributed by atoms with Crippen LogP contribution in [0.1, 0.15) is 31.2 Å². The highest BCUT2D eigenvalue weighted by Gasteiger charge is 2.23. The summed E-state index contributed by atoms with van der Waals surface area (Å²) in [5, 5.41) is 17.5. The second-order valence-corrected chi connectivity index (χ2v) is 9.42. The van der Waals surface area contributed by atoms with Gasteiger partial charge in [0.1, 0.15) is 0 Å². The zero-order chi connectivity index (χ0) is 26.3. The minimum absolute atomic E-state index is 0.0598. The van der Waals surface area contributed by atoms with E-state index in [1.807, 2.05) is 42.3 Å². The fourth-order valence-corrected chi connectivity index (χ4v) is 4.52. The molecule has 0 bridgehead atoms. The van der Waals surface area contributed by atoms with E-state index in [4.69, 9.17) is 16.9 Å². The molecule has 1 saturated heterocycles. The molecule has 36 heavy (non-hydrogen) atoms. The average molecular weight is 499 g/mol. The summed E-state index contributed by atoms with van der Waals surface area (Å²) in [6.07, 6.45) is 4.77. The lowest BCUT2D eigenvalue weighted by molar-refractivity contribution is -0.120. The summed E-state index contributed by atoms with van der Waals surface area (Å²) < 4.78 is 0. The van der Waals surface area contributed by atoms with E-state index in [1.54, 1.807) is 0 Å². The Morgan fingerprint density at radius 2 is 1.81 bits per heavy atom. The summed E-state index contributed by atoms with van der Waals surface area (Å²) in [6.45, 7) is 13.6. The lowest BCUT2D eigenvalue weighted by Gasteiger charge is -2.32. The summed E-state index contributed by atoms with van der Waals surface area (Å²) in [4.78, 5) is 16.4. The third-order valence-corrected chi connectivity index (χ3v) is 6.74. The van der Waals surface area contributed by atoms with Gasteiger partial charge in [-0.05, 0) is 44.8 Å². The molecule has 9 heteroatoms. The number of guanidine groups is 1. The van der Waals surface area contributed by atoms with E-state index in [1.165, 1.54) is 0 Å². The zero-order valence-electron chi connectivity index (χ0n) is 21.9. The molecule has 0 spiro atoms. The summed E-state index contributed by atoms with van der Waals surface area (Å²) in [6, 6.07) is 9.80. The standard InChI is InChI=1S/C27H46N8O/c1-21(25(33-26(36)19-28)18-23-10-5-4-6-11-23)32-20-24(12-7-8-13-31-3)22(2)34-14-9-15-35(17-16-34)27(29)30/h4-6,10-11,24-25,31-32H,1-2,7-9,12-20,28H2,3H3,(H3,29,30)(H,33,36). The number of hydrogen-bond acceptors (Lipinski definition) is 6. The number of benzene rings is 1. The molecule has 0 saturated carbocycles. The number of amides is 1. The third-order valence-electron chi connectivity index (χ3n) is 6.74. The van der Waals surface area contributed by atoms with E-state index < -0.39 is 0 Å². The van der Waals surface area contributed by atoms with E-state index in [9.17, 15) is 4.79 Å². The third kappa shape index (κ3) is 9.91. The number of carbonyl (C=O) groups excluding carboxylic acids is 1. The van der Waals surface area contributed by atoms with Crippen molar-refractivity contribution in [1.82, 2.24) is 25.8 Å². The Bertz CT molecular complexity index is 843. The molecule has 0 aromatic heterocycles. The Labute approximate surface area is 216 Å². The predicted molar refractivity (Wildman–Crippen MR) is 148 cm³/mol. The minimum atomic E-state index is -0.260. The highest BCUT2D eigenvalue weighted by molar-refractivity contribution is 5.78. The van der Waals surface area contributed by atoms with E-state index in [-0.39, 0.29) is 30.4 Å². The van der Waals surface area contributed by atoms with Crippen LogP contribution >= 0.6 is 0 Å². The largest absolute Gasteiger partial charge is 0.386 e. The van der Waals surface area contributed by atoms with Gasteiger partial charge in [-0.3, -0.25) is 10.2 Å². The molecule has 1 heterocycles. The van der Waals surface area contributed by atoms with Gasteiger partial charge in [0.15, 0.2) is 5.96 Å². The first-order valence-corrected chi connectivity index (χ1v) is 13.0. The van der Waals surface area contributed by atoms with Gasteiger partial charge >= 0.3 is 0 Å². The fraction of sp³-hybridized carbons (Fsp3) is 0.556. The van der Waals surface area contributed by atoms with Crippen LogP contribution in [0.15, 0.2) is 54.9 Å². The van der Waals surface area contributed by atoms with Crippen molar-refractivity contribution in [3.05, 3.63) is 60.4 Å². The first-order valence-electron chi connectivity index (χ1n) is 13.0. The van der Waals surface area contributed by atoms with Gasteiger partial charge in [-0.2, -0.15) is 0 Å². The number of rotatable bonds is 15. The summed E-state index contributed by atoms with van der Waals surface area (Å²) >= 11 is 0. The van der Waals surface area contributed by atoms with E-state index in [2.05, 4.69) is 34.0 Å². The Kier molecular flexibility index (Phi) is 12.9. The molecule has 0 radical (unpaired) electrons. The molecule has 1 aromatic rings. The van der Waals surface area contributed by atoms with Crippen LogP contribution in [0.4, 0.5) is 0 Å². The maximum absolute atomic E-state index is 12.1. The first-order chi connectivity index (χ1) is 17.3. The number of carbonyl (C=O) groups is 1. The molecular weight excluding hydrogens is 452 g/mol. The highest BCUT2D eigenvalue weighted by Crippen LogP contribution is 2.22. The Morgan fingerprint density at radius 1 is 1.11 bits per heavy atom. The lowest BCUT2D eigenvalue weighted by Crippen LogP contribution is -2.45. The highest BCUT2D eigenvalue weighted by atomic mass is 16.1. The molecule has 1 aliphatic heterocycles.